The summed E-state index contributed by atoms with van der Waals surface area (Å²) in [6.07, 6.45) is 1.71. The van der Waals surface area contributed by atoms with Crippen molar-refractivity contribution in [3.63, 3.8) is 0 Å². The molecule has 0 aliphatic rings. The summed E-state index contributed by atoms with van der Waals surface area (Å²) in [6, 6.07) is 32.3. The van der Waals surface area contributed by atoms with Gasteiger partial charge in [-0.2, -0.15) is 5.48 Å². The molecule has 2 N–H and O–H groups in total. The van der Waals surface area contributed by atoms with E-state index in [2.05, 4.69) is 15.8 Å². The van der Waals surface area contributed by atoms with Gasteiger partial charge in [0.2, 0.25) is 0 Å². The van der Waals surface area contributed by atoms with Crippen molar-refractivity contribution in [3.05, 3.63) is 143 Å². The summed E-state index contributed by atoms with van der Waals surface area (Å²) in [5.41, 5.74) is 4.45. The van der Waals surface area contributed by atoms with Gasteiger partial charge in [-0.25, -0.2) is 0 Å². The molecule has 3 atom stereocenters. The van der Waals surface area contributed by atoms with Crippen molar-refractivity contribution in [1.29, 1.82) is 0 Å². The quantitative estimate of drug-likeness (QED) is 0.0658. The van der Waals surface area contributed by atoms with Crippen LogP contribution in [0.2, 0.25) is 5.02 Å². The first-order valence-electron chi connectivity index (χ1n) is 12.1. The van der Waals surface area contributed by atoms with Gasteiger partial charge in [0.15, 0.2) is 5.60 Å². The van der Waals surface area contributed by atoms with Crippen LogP contribution < -0.4 is 15.5 Å². The average molecular weight is 803 g/mol. The molecule has 5 nitrogen and oxygen atoms in total. The summed E-state index contributed by atoms with van der Waals surface area (Å²) in [4.78, 5) is 12.2. The monoisotopic (exact) mass is 802 g/mol. The van der Waals surface area contributed by atoms with Gasteiger partial charge in [0.1, 0.15) is 18.4 Å². The van der Waals surface area contributed by atoms with Gasteiger partial charge < -0.3 is 14.7 Å². The van der Waals surface area contributed by atoms with Gasteiger partial charge in [0.05, 0.1) is 0 Å². The van der Waals surface area contributed by atoms with Gasteiger partial charge in [0, 0.05) is 28.1 Å². The fourth-order valence-corrected chi connectivity index (χ4v) is 4.78. The maximum Gasteiger partial charge on any atom is 0.326 e. The molecule has 0 radical (unpaired) electrons. The molecule has 0 saturated carbocycles. The Labute approximate surface area is 230 Å². The van der Waals surface area contributed by atoms with Gasteiger partial charge in [-0.15, -0.1) is 9.24 Å². The summed E-state index contributed by atoms with van der Waals surface area (Å²) in [7, 11) is 2.71. The molecule has 206 valence electrons. The molecule has 0 aliphatic heterocycles. The third kappa shape index (κ3) is 6.51. The van der Waals surface area contributed by atoms with Crippen LogP contribution in [0.3, 0.4) is 0 Å². The number of rotatable bonds is 11. The molecule has 0 saturated heterocycles. The van der Waals surface area contributed by atoms with E-state index in [4.69, 9.17) is 21.1 Å². The number of halogens is 1. The normalized spacial score (nSPS) is 12.9. The van der Waals surface area contributed by atoms with Crippen LogP contribution in [-0.4, -0.2) is 23.8 Å². The summed E-state index contributed by atoms with van der Waals surface area (Å²) < 4.78 is 12.0. The summed E-state index contributed by atoms with van der Waals surface area (Å²) >= 11 is 6.81. The molecule has 4 aromatic rings. The zero-order valence-corrected chi connectivity index (χ0v) is 25.3. The molecule has 39 heavy (non-hydrogen) atoms. The molecule has 0 bridgehead atoms. The minimum atomic E-state index is -1.04. The molecule has 0 fully saturated rings. The van der Waals surface area contributed by atoms with E-state index in [1.165, 1.54) is 6.08 Å². The first-order chi connectivity index (χ1) is 18.5. The van der Waals surface area contributed by atoms with Gasteiger partial charge in [-0.3, -0.25) is 4.79 Å². The van der Waals surface area contributed by atoms with Crippen molar-refractivity contribution in [1.82, 2.24) is 5.48 Å². The van der Waals surface area contributed by atoms with Crippen LogP contribution in [0.25, 0.3) is 0 Å². The smallest absolute Gasteiger partial charge is 0.326 e. The van der Waals surface area contributed by atoms with E-state index < -0.39 is 17.6 Å². The summed E-state index contributed by atoms with van der Waals surface area (Å²) in [6.45, 7) is 3.61. The molecule has 4 rings (SSSR count). The van der Waals surface area contributed by atoms with E-state index in [1.54, 1.807) is 0 Å². The summed E-state index contributed by atoms with van der Waals surface area (Å²) in [5, 5.41) is 11.1. The van der Waals surface area contributed by atoms with Crippen molar-refractivity contribution >= 4 is 32.1 Å². The maximum absolute atomic E-state index is 12.2. The second-order valence-corrected chi connectivity index (χ2v) is 9.77. The molecular weight excluding hydrogens is 774 g/mol. The largest absolute Gasteiger partial charge is 0.473 e. The van der Waals surface area contributed by atoms with Crippen LogP contribution in [-0.2, 0) is 21.6 Å². The molecular formula is C31H29ClFmNO4P. The minimum Gasteiger partial charge on any atom is -0.473 e. The van der Waals surface area contributed by atoms with Crippen LogP contribution in [0.5, 0.6) is 5.75 Å². The van der Waals surface area contributed by atoms with Gasteiger partial charge in [-0.05, 0) is 29.1 Å². The number of carbonyl (C=O) groups is 1. The number of nitrogens with one attached hydrogen (secondary N) is 1. The Balaban J connectivity index is 0.00000420. The van der Waals surface area contributed by atoms with E-state index in [0.29, 0.717) is 10.8 Å². The second-order valence-electron chi connectivity index (χ2n) is 8.70. The second kappa shape index (κ2) is 13.4. The van der Waals surface area contributed by atoms with Crippen LogP contribution in [0.15, 0.2) is 116 Å². The Morgan fingerprint density at radius 1 is 0.949 bits per heavy atom. The Hall–Kier alpha value is -4.47. The molecule has 4 aromatic carbocycles. The molecule has 0 spiro atoms. The van der Waals surface area contributed by atoms with Crippen molar-refractivity contribution in [2.24, 2.45) is 0 Å². The number of hydrogen-bond acceptors (Lipinski definition) is 5. The Bertz CT molecular complexity index is 1370. The number of ether oxygens (including phenoxy) is 2. The number of benzene rings is 4. The molecule has 3 unspecified atom stereocenters. The van der Waals surface area contributed by atoms with Crippen molar-refractivity contribution in [2.45, 2.75) is 18.1 Å². The third-order valence-corrected chi connectivity index (χ3v) is 6.88. The molecule has 8 heteroatoms. The van der Waals surface area contributed by atoms with Crippen molar-refractivity contribution < 1.29 is 19.5 Å². The first kappa shape index (κ1) is 29.1. The summed E-state index contributed by atoms with van der Waals surface area (Å²) in [5.74, 6) is 0.0438. The number of carbonyl (C=O) groups excluding carboxylic acids is 1. The van der Waals surface area contributed by atoms with Crippen molar-refractivity contribution in [2.75, 3.05) is 6.61 Å². The third-order valence-electron chi connectivity index (χ3n) is 6.17. The van der Waals surface area contributed by atoms with Crippen molar-refractivity contribution in [3.8, 4) is 5.75 Å². The van der Waals surface area contributed by atoms with E-state index in [1.807, 2.05) is 109 Å². The zero-order valence-electron chi connectivity index (χ0n) is 21.0. The fourth-order valence-electron chi connectivity index (χ4n) is 4.32. The molecule has 0 aromatic heterocycles. The van der Waals surface area contributed by atoms with Gasteiger partial charge >= 0.3 is 5.97 Å². The van der Waals surface area contributed by atoms with E-state index in [-0.39, 0.29) is 13.0 Å². The van der Waals surface area contributed by atoms with Crippen LogP contribution in [0.1, 0.15) is 22.3 Å². The number of hydroxylamine groups is 1. The Kier molecular flexibility index (Phi) is 9.97. The van der Waals surface area contributed by atoms with Gasteiger partial charge in [-0.1, -0.05) is 109 Å². The Morgan fingerprint density at radius 2 is 1.56 bits per heavy atom. The minimum absolute atomic E-state index is 0. The van der Waals surface area contributed by atoms with E-state index >= 15 is 0 Å². The average Bonchev–Trinajstić information content (AvgIpc) is 2.95. The number of hydrogen-bond donors (Lipinski definition) is 2. The topological polar surface area (TPSA) is 67.8 Å². The molecule has 0 amide bonds. The van der Waals surface area contributed by atoms with Gasteiger partial charge in [0.25, 0.3) is 0 Å². The predicted molar refractivity (Wildman–Crippen MR) is 154 cm³/mol. The molecule has 0 heterocycles. The van der Waals surface area contributed by atoms with Crippen LogP contribution >= 0.6 is 20.8 Å². The van der Waals surface area contributed by atoms with Crippen LogP contribution in [0, 0.1) is 0 Å². The molecule has 0 aliphatic carbocycles. The van der Waals surface area contributed by atoms with E-state index in [9.17, 15) is 10.0 Å². The standard InChI is InChI=1S/C31H29ClNO4P.Fm/c1-2-20-36-30(34)29(33-35)21-22-12-16-25(17-13-22)37-31(23-8-4-3-5-9-23,24-14-18-26(38)19-15-24)27-10-6-7-11-28(27)32;/h2-19,29,33,35H,1,20-21,38H2;. The number of esters is 1. The Morgan fingerprint density at radius 3 is 2.18 bits per heavy atom. The van der Waals surface area contributed by atoms with E-state index in [0.717, 1.165) is 27.6 Å². The maximum atomic E-state index is 12.2. The first-order valence-corrected chi connectivity index (χ1v) is 13.0. The SMILES string of the molecule is C=CCOC(=O)C(Cc1ccc(OC(c2ccccc2)(c2ccc(P)cc2)c2ccccc2Cl)cc1)NO.[Fm]. The zero-order chi connectivity index (χ0) is 27.0. The predicted octanol–water partition coefficient (Wildman–Crippen LogP) is 5.83. The van der Waals surface area contributed by atoms with Crippen LogP contribution in [0.4, 0.5) is 0 Å². The fraction of sp³-hybridized carbons (Fsp3) is 0.129.